The number of halogens is 1. The van der Waals surface area contributed by atoms with Crippen molar-refractivity contribution in [2.75, 3.05) is 20.2 Å². The van der Waals surface area contributed by atoms with Crippen LogP contribution in [-0.2, 0) is 0 Å². The Bertz CT molecular complexity index is 493. The SMILES string of the molecule is COc1cccc(C(=O)C(C)(C)C2CCCNC2)c1F. The van der Waals surface area contributed by atoms with Gasteiger partial charge in [0, 0.05) is 5.41 Å². The number of hydrogen-bond donors (Lipinski definition) is 1. The minimum atomic E-state index is -0.583. The highest BCUT2D eigenvalue weighted by Gasteiger charge is 2.39. The lowest BCUT2D eigenvalue weighted by Crippen LogP contribution is -2.42. The molecule has 1 N–H and O–H groups in total. The first-order chi connectivity index (χ1) is 9.48. The van der Waals surface area contributed by atoms with Gasteiger partial charge in [0.2, 0.25) is 0 Å². The first kappa shape index (κ1) is 15.0. The van der Waals surface area contributed by atoms with Gasteiger partial charge >= 0.3 is 0 Å². The third-order valence-electron chi connectivity index (χ3n) is 4.33. The molecular weight excluding hydrogens is 257 g/mol. The van der Waals surface area contributed by atoms with E-state index in [0.29, 0.717) is 0 Å². The highest BCUT2D eigenvalue weighted by Crippen LogP contribution is 2.36. The van der Waals surface area contributed by atoms with Gasteiger partial charge in [-0.05, 0) is 44.0 Å². The van der Waals surface area contributed by atoms with Crippen LogP contribution in [0, 0.1) is 17.2 Å². The second-order valence-electron chi connectivity index (χ2n) is 5.92. The maximum Gasteiger partial charge on any atom is 0.175 e. The van der Waals surface area contributed by atoms with Crippen molar-refractivity contribution < 1.29 is 13.9 Å². The zero-order chi connectivity index (χ0) is 14.8. The van der Waals surface area contributed by atoms with E-state index in [0.717, 1.165) is 25.9 Å². The fourth-order valence-corrected chi connectivity index (χ4v) is 2.84. The van der Waals surface area contributed by atoms with E-state index >= 15 is 0 Å². The molecule has 1 aromatic rings. The third kappa shape index (κ3) is 2.70. The lowest BCUT2D eigenvalue weighted by Gasteiger charge is -2.36. The van der Waals surface area contributed by atoms with Crippen LogP contribution >= 0.6 is 0 Å². The van der Waals surface area contributed by atoms with Crippen LogP contribution in [0.2, 0.25) is 0 Å². The molecule has 0 amide bonds. The number of benzene rings is 1. The predicted octanol–water partition coefficient (Wildman–Crippen LogP) is 3.04. The second-order valence-corrected chi connectivity index (χ2v) is 5.92. The molecule has 110 valence electrons. The maximum absolute atomic E-state index is 14.3. The molecule has 0 bridgehead atoms. The molecule has 1 aromatic carbocycles. The van der Waals surface area contributed by atoms with Crippen molar-refractivity contribution in [3.8, 4) is 5.75 Å². The molecule has 0 radical (unpaired) electrons. The van der Waals surface area contributed by atoms with Crippen molar-refractivity contribution >= 4 is 5.78 Å². The summed E-state index contributed by atoms with van der Waals surface area (Å²) in [6.45, 7) is 5.62. The maximum atomic E-state index is 14.3. The Kier molecular flexibility index (Phi) is 4.43. The number of nitrogens with one attached hydrogen (secondary N) is 1. The van der Waals surface area contributed by atoms with Crippen molar-refractivity contribution in [2.45, 2.75) is 26.7 Å². The van der Waals surface area contributed by atoms with E-state index in [2.05, 4.69) is 5.32 Å². The van der Waals surface area contributed by atoms with Gasteiger partial charge in [-0.25, -0.2) is 4.39 Å². The van der Waals surface area contributed by atoms with E-state index in [1.807, 2.05) is 13.8 Å². The van der Waals surface area contributed by atoms with Crippen LogP contribution in [0.3, 0.4) is 0 Å². The second kappa shape index (κ2) is 5.92. The smallest absolute Gasteiger partial charge is 0.175 e. The number of rotatable bonds is 4. The van der Waals surface area contributed by atoms with E-state index in [1.54, 1.807) is 6.07 Å². The summed E-state index contributed by atoms with van der Waals surface area (Å²) in [5, 5.41) is 3.31. The average Bonchev–Trinajstić information content (AvgIpc) is 2.47. The van der Waals surface area contributed by atoms with Gasteiger partial charge in [0.05, 0.1) is 12.7 Å². The van der Waals surface area contributed by atoms with Crippen LogP contribution in [0.5, 0.6) is 5.75 Å². The molecule has 1 unspecified atom stereocenters. The number of ketones is 1. The Morgan fingerprint density at radius 3 is 2.80 bits per heavy atom. The molecule has 0 aliphatic carbocycles. The molecule has 0 spiro atoms. The highest BCUT2D eigenvalue weighted by molar-refractivity contribution is 6.00. The molecule has 1 fully saturated rings. The standard InChI is InChI=1S/C16H22FNO2/c1-16(2,11-6-5-9-18-10-11)15(19)12-7-4-8-13(20-3)14(12)17/h4,7-8,11,18H,5-6,9-10H2,1-3H3. The molecule has 1 saturated heterocycles. The Balaban J connectivity index is 2.30. The molecule has 2 rings (SSSR count). The van der Waals surface area contributed by atoms with Crippen LogP contribution in [-0.4, -0.2) is 26.0 Å². The molecule has 1 aliphatic heterocycles. The molecule has 3 nitrogen and oxygen atoms in total. The molecule has 1 atom stereocenters. The fourth-order valence-electron chi connectivity index (χ4n) is 2.84. The van der Waals surface area contributed by atoms with Gasteiger partial charge in [0.25, 0.3) is 0 Å². The number of carbonyl (C=O) groups excluding carboxylic acids is 1. The van der Waals surface area contributed by atoms with Gasteiger partial charge in [-0.2, -0.15) is 0 Å². The average molecular weight is 279 g/mol. The Labute approximate surface area is 119 Å². The van der Waals surface area contributed by atoms with Crippen molar-refractivity contribution in [3.05, 3.63) is 29.6 Å². The van der Waals surface area contributed by atoms with E-state index in [9.17, 15) is 9.18 Å². The number of ether oxygens (including phenoxy) is 1. The summed E-state index contributed by atoms with van der Waals surface area (Å²) in [7, 11) is 1.41. The molecule has 4 heteroatoms. The lowest BCUT2D eigenvalue weighted by atomic mass is 9.70. The van der Waals surface area contributed by atoms with Crippen molar-refractivity contribution in [1.82, 2.24) is 5.32 Å². The summed E-state index contributed by atoms with van der Waals surface area (Å²) in [5.41, 5.74) is -0.458. The van der Waals surface area contributed by atoms with E-state index in [4.69, 9.17) is 4.74 Å². The van der Waals surface area contributed by atoms with Gasteiger partial charge in [0.1, 0.15) is 0 Å². The zero-order valence-corrected chi connectivity index (χ0v) is 12.3. The summed E-state index contributed by atoms with van der Waals surface area (Å²) >= 11 is 0. The predicted molar refractivity (Wildman–Crippen MR) is 76.7 cm³/mol. The van der Waals surface area contributed by atoms with Crippen LogP contribution in [0.1, 0.15) is 37.0 Å². The van der Waals surface area contributed by atoms with Gasteiger partial charge in [-0.1, -0.05) is 19.9 Å². The number of piperidine rings is 1. The molecule has 0 aromatic heterocycles. The summed E-state index contributed by atoms with van der Waals surface area (Å²) in [6, 6.07) is 4.73. The van der Waals surface area contributed by atoms with Gasteiger partial charge in [0.15, 0.2) is 17.3 Å². The van der Waals surface area contributed by atoms with Crippen molar-refractivity contribution in [3.63, 3.8) is 0 Å². The van der Waals surface area contributed by atoms with E-state index in [1.165, 1.54) is 19.2 Å². The van der Waals surface area contributed by atoms with Gasteiger partial charge < -0.3 is 10.1 Å². The van der Waals surface area contributed by atoms with E-state index in [-0.39, 0.29) is 23.0 Å². The van der Waals surface area contributed by atoms with Crippen LogP contribution in [0.4, 0.5) is 4.39 Å². The highest BCUT2D eigenvalue weighted by atomic mass is 19.1. The van der Waals surface area contributed by atoms with Crippen LogP contribution in [0.15, 0.2) is 18.2 Å². The molecule has 1 aliphatic rings. The number of hydrogen-bond acceptors (Lipinski definition) is 3. The lowest BCUT2D eigenvalue weighted by molar-refractivity contribution is 0.0703. The van der Waals surface area contributed by atoms with Gasteiger partial charge in [-0.15, -0.1) is 0 Å². The number of carbonyl (C=O) groups is 1. The summed E-state index contributed by atoms with van der Waals surface area (Å²) < 4.78 is 19.2. The Morgan fingerprint density at radius 1 is 1.45 bits per heavy atom. The summed E-state index contributed by atoms with van der Waals surface area (Å²) in [6.07, 6.45) is 2.05. The first-order valence-corrected chi connectivity index (χ1v) is 7.06. The van der Waals surface area contributed by atoms with E-state index < -0.39 is 11.2 Å². The summed E-state index contributed by atoms with van der Waals surface area (Å²) in [5.74, 6) is -0.359. The molecule has 20 heavy (non-hydrogen) atoms. The van der Waals surface area contributed by atoms with Crippen molar-refractivity contribution in [1.29, 1.82) is 0 Å². The minimum Gasteiger partial charge on any atom is -0.494 e. The van der Waals surface area contributed by atoms with Crippen molar-refractivity contribution in [2.24, 2.45) is 11.3 Å². The zero-order valence-electron chi connectivity index (χ0n) is 12.3. The normalized spacial score (nSPS) is 19.7. The monoisotopic (exact) mass is 279 g/mol. The molecular formula is C16H22FNO2. The Morgan fingerprint density at radius 2 is 2.20 bits per heavy atom. The Hall–Kier alpha value is -1.42. The van der Waals surface area contributed by atoms with Crippen LogP contribution in [0.25, 0.3) is 0 Å². The molecule has 0 saturated carbocycles. The van der Waals surface area contributed by atoms with Crippen LogP contribution < -0.4 is 10.1 Å². The topological polar surface area (TPSA) is 38.3 Å². The summed E-state index contributed by atoms with van der Waals surface area (Å²) in [4.78, 5) is 12.7. The molecule has 1 heterocycles. The largest absolute Gasteiger partial charge is 0.494 e. The fraction of sp³-hybridized carbons (Fsp3) is 0.562. The number of Topliss-reactive ketones (excluding diaryl/α,β-unsaturated/α-hetero) is 1. The first-order valence-electron chi connectivity index (χ1n) is 7.06. The number of methoxy groups -OCH3 is 1. The minimum absolute atomic E-state index is 0.119. The van der Waals surface area contributed by atoms with Gasteiger partial charge in [-0.3, -0.25) is 4.79 Å². The quantitative estimate of drug-likeness (QED) is 0.861. The third-order valence-corrected chi connectivity index (χ3v) is 4.33.